The topological polar surface area (TPSA) is 50.4 Å². The molecule has 0 aromatic rings. The molecule has 0 aliphatic carbocycles. The predicted octanol–water partition coefficient (Wildman–Crippen LogP) is 1.59. The van der Waals surface area contributed by atoms with Crippen LogP contribution in [0, 0.1) is 11.8 Å². The van der Waals surface area contributed by atoms with Gasteiger partial charge in [0, 0.05) is 20.1 Å². The average molecular weight is 279 g/mol. The summed E-state index contributed by atoms with van der Waals surface area (Å²) in [6, 6.07) is 0. The summed E-state index contributed by atoms with van der Waals surface area (Å²) in [4.78, 5) is 11.7. The number of amides is 1. The zero-order valence-electron chi connectivity index (χ0n) is 11.7. The molecule has 1 saturated heterocycles. The third-order valence-corrected chi connectivity index (χ3v) is 3.49. The number of halogens is 1. The molecule has 1 fully saturated rings. The first-order chi connectivity index (χ1) is 8.13. The summed E-state index contributed by atoms with van der Waals surface area (Å²) in [5.74, 6) is 1.27. The van der Waals surface area contributed by atoms with Gasteiger partial charge in [0.05, 0.1) is 6.10 Å². The summed E-state index contributed by atoms with van der Waals surface area (Å²) in [6.45, 7) is 7.00. The first-order valence-corrected chi connectivity index (χ1v) is 6.63. The van der Waals surface area contributed by atoms with Crippen molar-refractivity contribution in [2.45, 2.75) is 39.2 Å². The lowest BCUT2D eigenvalue weighted by Crippen LogP contribution is -2.36. The van der Waals surface area contributed by atoms with E-state index in [9.17, 15) is 4.79 Å². The minimum atomic E-state index is 0. The molecule has 0 bridgehead atoms. The number of methoxy groups -OCH3 is 1. The SMILES string of the molecule is COC(CNC(=O)CCC1CCNC1)C(C)C.Cl. The summed E-state index contributed by atoms with van der Waals surface area (Å²) >= 11 is 0. The van der Waals surface area contributed by atoms with Gasteiger partial charge in [0.15, 0.2) is 0 Å². The summed E-state index contributed by atoms with van der Waals surface area (Å²) < 4.78 is 5.32. The van der Waals surface area contributed by atoms with Crippen molar-refractivity contribution in [3.8, 4) is 0 Å². The molecular formula is C13H27ClN2O2. The Morgan fingerprint density at radius 1 is 1.50 bits per heavy atom. The Kier molecular flexibility index (Phi) is 9.42. The van der Waals surface area contributed by atoms with E-state index in [-0.39, 0.29) is 24.4 Å². The maximum absolute atomic E-state index is 11.7. The van der Waals surface area contributed by atoms with Crippen LogP contribution < -0.4 is 10.6 Å². The van der Waals surface area contributed by atoms with Gasteiger partial charge in [0.25, 0.3) is 0 Å². The Bertz CT molecular complexity index is 231. The lowest BCUT2D eigenvalue weighted by molar-refractivity contribution is -0.122. The Morgan fingerprint density at radius 3 is 2.72 bits per heavy atom. The van der Waals surface area contributed by atoms with Crippen LogP contribution in [0.5, 0.6) is 0 Å². The molecule has 18 heavy (non-hydrogen) atoms. The molecular weight excluding hydrogens is 252 g/mol. The fourth-order valence-electron chi connectivity index (χ4n) is 2.19. The second-order valence-corrected chi connectivity index (χ2v) is 5.22. The molecule has 5 heteroatoms. The van der Waals surface area contributed by atoms with E-state index in [1.54, 1.807) is 7.11 Å². The molecule has 2 unspecified atom stereocenters. The van der Waals surface area contributed by atoms with E-state index in [4.69, 9.17) is 4.74 Å². The zero-order chi connectivity index (χ0) is 12.7. The van der Waals surface area contributed by atoms with Crippen LogP contribution in [0.25, 0.3) is 0 Å². The van der Waals surface area contributed by atoms with Crippen LogP contribution in [0.15, 0.2) is 0 Å². The lowest BCUT2D eigenvalue weighted by Gasteiger charge is -2.19. The molecule has 108 valence electrons. The normalized spacial score (nSPS) is 20.6. The van der Waals surface area contributed by atoms with Crippen molar-refractivity contribution in [3.63, 3.8) is 0 Å². The van der Waals surface area contributed by atoms with E-state index >= 15 is 0 Å². The van der Waals surface area contributed by atoms with Crippen molar-refractivity contribution in [3.05, 3.63) is 0 Å². The first-order valence-electron chi connectivity index (χ1n) is 6.63. The second kappa shape index (κ2) is 9.59. The predicted molar refractivity (Wildman–Crippen MR) is 76.1 cm³/mol. The minimum absolute atomic E-state index is 0. The number of nitrogens with one attached hydrogen (secondary N) is 2. The highest BCUT2D eigenvalue weighted by Gasteiger charge is 2.17. The van der Waals surface area contributed by atoms with E-state index in [0.717, 1.165) is 19.5 Å². The van der Waals surface area contributed by atoms with E-state index < -0.39 is 0 Å². The van der Waals surface area contributed by atoms with Crippen molar-refractivity contribution in [2.75, 3.05) is 26.7 Å². The molecule has 1 amide bonds. The van der Waals surface area contributed by atoms with Gasteiger partial charge in [0.2, 0.25) is 5.91 Å². The molecule has 1 aliphatic rings. The van der Waals surface area contributed by atoms with Gasteiger partial charge < -0.3 is 15.4 Å². The quantitative estimate of drug-likeness (QED) is 0.744. The average Bonchev–Trinajstić information content (AvgIpc) is 2.79. The molecule has 2 N–H and O–H groups in total. The second-order valence-electron chi connectivity index (χ2n) is 5.22. The van der Waals surface area contributed by atoms with Crippen molar-refractivity contribution >= 4 is 18.3 Å². The van der Waals surface area contributed by atoms with Gasteiger partial charge in [-0.15, -0.1) is 12.4 Å². The monoisotopic (exact) mass is 278 g/mol. The molecule has 4 nitrogen and oxygen atoms in total. The van der Waals surface area contributed by atoms with Crippen molar-refractivity contribution in [1.29, 1.82) is 0 Å². The van der Waals surface area contributed by atoms with Crippen LogP contribution in [0.2, 0.25) is 0 Å². The Morgan fingerprint density at radius 2 is 2.22 bits per heavy atom. The maximum atomic E-state index is 11.7. The number of hydrogen-bond donors (Lipinski definition) is 2. The summed E-state index contributed by atoms with van der Waals surface area (Å²) in [6.07, 6.45) is 2.96. The minimum Gasteiger partial charge on any atom is -0.379 e. The fourth-order valence-corrected chi connectivity index (χ4v) is 2.19. The largest absolute Gasteiger partial charge is 0.379 e. The Balaban J connectivity index is 0.00000289. The first kappa shape index (κ1) is 17.7. The standard InChI is InChI=1S/C13H26N2O2.ClH/c1-10(2)12(17-3)9-15-13(16)5-4-11-6-7-14-8-11;/h10-12,14H,4-9H2,1-3H3,(H,15,16);1H. The molecule has 0 spiro atoms. The van der Waals surface area contributed by atoms with E-state index in [1.165, 1.54) is 6.42 Å². The zero-order valence-corrected chi connectivity index (χ0v) is 12.5. The molecule has 1 heterocycles. The number of carbonyl (C=O) groups excluding carboxylic acids is 1. The van der Waals surface area contributed by atoms with Crippen LogP contribution in [0.3, 0.4) is 0 Å². The van der Waals surface area contributed by atoms with Crippen LogP contribution >= 0.6 is 12.4 Å². The highest BCUT2D eigenvalue weighted by molar-refractivity contribution is 5.85. The van der Waals surface area contributed by atoms with Crippen LogP contribution in [-0.4, -0.2) is 38.8 Å². The molecule has 1 aliphatic heterocycles. The molecule has 1 rings (SSSR count). The number of rotatable bonds is 7. The van der Waals surface area contributed by atoms with Crippen molar-refractivity contribution in [2.24, 2.45) is 11.8 Å². The number of ether oxygens (including phenoxy) is 1. The van der Waals surface area contributed by atoms with Gasteiger partial charge in [-0.1, -0.05) is 13.8 Å². The lowest BCUT2D eigenvalue weighted by atomic mass is 10.0. The van der Waals surface area contributed by atoms with Gasteiger partial charge >= 0.3 is 0 Å². The van der Waals surface area contributed by atoms with Crippen molar-refractivity contribution in [1.82, 2.24) is 10.6 Å². The number of carbonyl (C=O) groups is 1. The van der Waals surface area contributed by atoms with Gasteiger partial charge in [0.1, 0.15) is 0 Å². The molecule has 0 saturated carbocycles. The van der Waals surface area contributed by atoms with Gasteiger partial charge in [-0.25, -0.2) is 0 Å². The molecule has 0 aromatic carbocycles. The molecule has 2 atom stereocenters. The fraction of sp³-hybridized carbons (Fsp3) is 0.923. The van der Waals surface area contributed by atoms with Crippen molar-refractivity contribution < 1.29 is 9.53 Å². The van der Waals surface area contributed by atoms with Crippen LogP contribution in [0.1, 0.15) is 33.1 Å². The van der Waals surface area contributed by atoms with Gasteiger partial charge in [-0.05, 0) is 37.8 Å². The smallest absolute Gasteiger partial charge is 0.220 e. The highest BCUT2D eigenvalue weighted by atomic mass is 35.5. The summed E-state index contributed by atoms with van der Waals surface area (Å²) in [5.41, 5.74) is 0. The van der Waals surface area contributed by atoms with Gasteiger partial charge in [-0.2, -0.15) is 0 Å². The summed E-state index contributed by atoms with van der Waals surface area (Å²) in [7, 11) is 1.70. The number of hydrogen-bond acceptors (Lipinski definition) is 3. The summed E-state index contributed by atoms with van der Waals surface area (Å²) in [5, 5.41) is 6.27. The third kappa shape index (κ3) is 6.57. The Hall–Kier alpha value is -0.320. The molecule has 0 aromatic heterocycles. The van der Waals surface area contributed by atoms with E-state index in [2.05, 4.69) is 24.5 Å². The van der Waals surface area contributed by atoms with Crippen LogP contribution in [-0.2, 0) is 9.53 Å². The maximum Gasteiger partial charge on any atom is 0.220 e. The van der Waals surface area contributed by atoms with E-state index in [1.807, 2.05) is 0 Å². The van der Waals surface area contributed by atoms with Crippen LogP contribution in [0.4, 0.5) is 0 Å². The third-order valence-electron chi connectivity index (χ3n) is 3.49. The highest BCUT2D eigenvalue weighted by Crippen LogP contribution is 2.14. The van der Waals surface area contributed by atoms with E-state index in [0.29, 0.717) is 24.8 Å². The Labute approximate surface area is 117 Å². The van der Waals surface area contributed by atoms with Gasteiger partial charge in [-0.3, -0.25) is 4.79 Å². The molecule has 0 radical (unpaired) electrons.